The molecule has 0 N–H and O–H groups in total. The highest BCUT2D eigenvalue weighted by atomic mass is 32.2. The van der Waals surface area contributed by atoms with Gasteiger partial charge in [-0.05, 0) is 37.0 Å². The molecule has 0 unspecified atom stereocenters. The van der Waals surface area contributed by atoms with Crippen molar-refractivity contribution in [2.24, 2.45) is 0 Å². The van der Waals surface area contributed by atoms with Crippen LogP contribution in [-0.4, -0.2) is 57.3 Å². The lowest BCUT2D eigenvalue weighted by atomic mass is 10.0. The first-order valence-electron chi connectivity index (χ1n) is 13.8. The summed E-state index contributed by atoms with van der Waals surface area (Å²) in [6.45, 7) is 11.2. The van der Waals surface area contributed by atoms with E-state index < -0.39 is 0 Å². The van der Waals surface area contributed by atoms with E-state index in [-0.39, 0.29) is 17.0 Å². The van der Waals surface area contributed by atoms with Gasteiger partial charge in [0.2, 0.25) is 0 Å². The second-order valence-corrected chi connectivity index (χ2v) is 11.8. The number of nitriles is 1. The number of piperazine rings is 1. The summed E-state index contributed by atoms with van der Waals surface area (Å²) in [5.74, 6) is 0.708. The van der Waals surface area contributed by atoms with Gasteiger partial charge in [-0.3, -0.25) is 24.0 Å². The van der Waals surface area contributed by atoms with Gasteiger partial charge < -0.3 is 4.90 Å². The molecule has 9 heteroatoms. The second-order valence-electron chi connectivity index (χ2n) is 10.1. The molecule has 2 aliphatic rings. The predicted octanol–water partition coefficient (Wildman–Crippen LogP) is 5.15. The number of carbonyl (C=O) groups is 1. The van der Waals surface area contributed by atoms with Gasteiger partial charge in [-0.25, -0.2) is 0 Å². The number of pyridine rings is 1. The third-order valence-corrected chi connectivity index (χ3v) is 8.73. The van der Waals surface area contributed by atoms with Crippen molar-refractivity contribution < 1.29 is 4.79 Å². The van der Waals surface area contributed by atoms with Crippen LogP contribution < -0.4 is 10.5 Å². The zero-order chi connectivity index (χ0) is 27.9. The van der Waals surface area contributed by atoms with Gasteiger partial charge >= 0.3 is 0 Å². The van der Waals surface area contributed by atoms with Gasteiger partial charge in [0, 0.05) is 51.4 Å². The fraction of sp³-hybridized carbons (Fsp3) is 0.467. The number of amides is 1. The Kier molecular flexibility index (Phi) is 10.0. The van der Waals surface area contributed by atoms with Crippen LogP contribution in [-0.2, 0) is 17.9 Å². The molecule has 0 radical (unpaired) electrons. The van der Waals surface area contributed by atoms with E-state index in [4.69, 9.17) is 12.2 Å². The van der Waals surface area contributed by atoms with Gasteiger partial charge in [0.15, 0.2) is 0 Å². The summed E-state index contributed by atoms with van der Waals surface area (Å²) >= 11 is 6.87. The number of anilines is 1. The maximum atomic E-state index is 13.5. The minimum atomic E-state index is -0.261. The molecule has 4 rings (SSSR count). The van der Waals surface area contributed by atoms with E-state index in [9.17, 15) is 14.9 Å². The summed E-state index contributed by atoms with van der Waals surface area (Å²) < 4.78 is 2.31. The summed E-state index contributed by atoms with van der Waals surface area (Å²) in [6.07, 6.45) is 5.65. The number of thioether (sulfide) groups is 1. The fourth-order valence-corrected chi connectivity index (χ4v) is 6.51. The van der Waals surface area contributed by atoms with Crippen LogP contribution in [0.15, 0.2) is 40.0 Å². The third kappa shape index (κ3) is 6.46. The van der Waals surface area contributed by atoms with E-state index in [0.29, 0.717) is 27.9 Å². The minimum absolute atomic E-state index is 0.0918. The topological polar surface area (TPSA) is 72.6 Å². The molecule has 2 saturated heterocycles. The molecule has 1 aromatic heterocycles. The molecule has 0 spiro atoms. The van der Waals surface area contributed by atoms with Crippen molar-refractivity contribution in [1.29, 1.82) is 5.26 Å². The quantitative estimate of drug-likeness (QED) is 0.225. The monoisotopic (exact) mass is 563 g/mol. The molecule has 0 atom stereocenters. The number of thiocarbonyl (C=S) groups is 1. The lowest BCUT2D eigenvalue weighted by Crippen LogP contribution is -2.48. The van der Waals surface area contributed by atoms with E-state index in [1.807, 2.05) is 26.0 Å². The van der Waals surface area contributed by atoms with E-state index in [0.717, 1.165) is 69.8 Å². The van der Waals surface area contributed by atoms with E-state index in [2.05, 4.69) is 47.1 Å². The average molecular weight is 564 g/mol. The SMILES string of the molecule is CCCCCN1C(=O)C(=Cc2c(C)c(C#N)c(=O)n(CCC)c2N2CCN(Cc3ccccc3)CC2)SC1=S. The Labute approximate surface area is 241 Å². The van der Waals surface area contributed by atoms with Crippen LogP contribution in [0.3, 0.4) is 0 Å². The van der Waals surface area contributed by atoms with Crippen LogP contribution in [0.4, 0.5) is 5.82 Å². The molecule has 3 heterocycles. The number of carbonyl (C=O) groups excluding carboxylic acids is 1. The molecule has 0 aliphatic carbocycles. The van der Waals surface area contributed by atoms with Crippen LogP contribution in [0.25, 0.3) is 6.08 Å². The van der Waals surface area contributed by atoms with Crippen molar-refractivity contribution >= 4 is 46.1 Å². The summed E-state index contributed by atoms with van der Waals surface area (Å²) in [6, 6.07) is 12.6. The highest BCUT2D eigenvalue weighted by molar-refractivity contribution is 8.26. The van der Waals surface area contributed by atoms with Crippen molar-refractivity contribution in [3.8, 4) is 6.07 Å². The van der Waals surface area contributed by atoms with Crippen LogP contribution >= 0.6 is 24.0 Å². The number of rotatable bonds is 10. The zero-order valence-electron chi connectivity index (χ0n) is 23.1. The van der Waals surface area contributed by atoms with Crippen LogP contribution in [0, 0.1) is 18.3 Å². The molecule has 1 aromatic carbocycles. The van der Waals surface area contributed by atoms with Gasteiger partial charge in [-0.2, -0.15) is 5.26 Å². The lowest BCUT2D eigenvalue weighted by molar-refractivity contribution is -0.122. The van der Waals surface area contributed by atoms with Crippen molar-refractivity contribution in [3.05, 3.63) is 67.8 Å². The standard InChI is InChI=1S/C30H37N5O2S2/c1-4-6-10-14-35-29(37)26(39-30(35)38)19-24-22(3)25(20-31)28(36)34(13-5-2)27(24)33-17-15-32(16-18-33)21-23-11-8-7-9-12-23/h7-9,11-12,19H,4-6,10,13-18,21H2,1-3H3. The van der Waals surface area contributed by atoms with Gasteiger partial charge in [-0.1, -0.05) is 81.0 Å². The lowest BCUT2D eigenvalue weighted by Gasteiger charge is -2.38. The highest BCUT2D eigenvalue weighted by Gasteiger charge is 2.33. The normalized spacial score (nSPS) is 17.3. The van der Waals surface area contributed by atoms with E-state index in [1.54, 1.807) is 9.47 Å². The summed E-state index contributed by atoms with van der Waals surface area (Å²) in [7, 11) is 0. The Morgan fingerprint density at radius 1 is 1.03 bits per heavy atom. The first-order valence-corrected chi connectivity index (χ1v) is 15.1. The third-order valence-electron chi connectivity index (χ3n) is 7.35. The number of hydrogen-bond acceptors (Lipinski definition) is 7. The predicted molar refractivity (Wildman–Crippen MR) is 164 cm³/mol. The molecule has 2 aromatic rings. The Morgan fingerprint density at radius 3 is 2.38 bits per heavy atom. The molecule has 39 heavy (non-hydrogen) atoms. The Hall–Kier alpha value is -2.93. The molecule has 1 amide bonds. The molecule has 206 valence electrons. The summed E-state index contributed by atoms with van der Waals surface area (Å²) in [4.78, 5) is 33.7. The zero-order valence-corrected chi connectivity index (χ0v) is 24.7. The molecule has 7 nitrogen and oxygen atoms in total. The van der Waals surface area contributed by atoms with E-state index in [1.165, 1.54) is 17.3 Å². The molecule has 2 aliphatic heterocycles. The summed E-state index contributed by atoms with van der Waals surface area (Å²) in [5.41, 5.74) is 2.55. The number of hydrogen-bond donors (Lipinski definition) is 0. The Balaban J connectivity index is 1.70. The largest absolute Gasteiger partial charge is 0.355 e. The van der Waals surface area contributed by atoms with Gasteiger partial charge in [0.25, 0.3) is 11.5 Å². The fourth-order valence-electron chi connectivity index (χ4n) is 5.22. The number of nitrogens with zero attached hydrogens (tertiary/aromatic N) is 5. The van der Waals surface area contributed by atoms with Crippen LogP contribution in [0.5, 0.6) is 0 Å². The smallest absolute Gasteiger partial charge is 0.270 e. The van der Waals surface area contributed by atoms with Gasteiger partial charge in [0.05, 0.1) is 4.91 Å². The van der Waals surface area contributed by atoms with Crippen molar-refractivity contribution in [1.82, 2.24) is 14.4 Å². The Bertz CT molecular complexity index is 1340. The first kappa shape index (κ1) is 29.1. The molecule has 0 bridgehead atoms. The number of aromatic nitrogens is 1. The van der Waals surface area contributed by atoms with Crippen LogP contribution in [0.2, 0.25) is 0 Å². The number of unbranched alkanes of at least 4 members (excludes halogenated alkanes) is 2. The van der Waals surface area contributed by atoms with Crippen LogP contribution in [0.1, 0.15) is 61.8 Å². The van der Waals surface area contributed by atoms with Crippen molar-refractivity contribution in [3.63, 3.8) is 0 Å². The maximum Gasteiger partial charge on any atom is 0.270 e. The highest BCUT2D eigenvalue weighted by Crippen LogP contribution is 2.36. The number of benzene rings is 1. The van der Waals surface area contributed by atoms with Gasteiger partial charge in [0.1, 0.15) is 21.8 Å². The molecule has 0 saturated carbocycles. The molecular formula is C30H37N5O2S2. The average Bonchev–Trinajstić information content (AvgIpc) is 3.20. The second kappa shape index (κ2) is 13.4. The van der Waals surface area contributed by atoms with Crippen molar-refractivity contribution in [2.75, 3.05) is 37.6 Å². The maximum absolute atomic E-state index is 13.5. The van der Waals surface area contributed by atoms with Gasteiger partial charge in [-0.15, -0.1) is 0 Å². The summed E-state index contributed by atoms with van der Waals surface area (Å²) in [5, 5.41) is 9.90. The first-order chi connectivity index (χ1) is 18.9. The minimum Gasteiger partial charge on any atom is -0.355 e. The molecule has 2 fully saturated rings. The van der Waals surface area contributed by atoms with E-state index >= 15 is 0 Å². The Morgan fingerprint density at radius 2 is 1.74 bits per heavy atom. The van der Waals surface area contributed by atoms with Crippen molar-refractivity contribution in [2.45, 2.75) is 59.5 Å². The molecular weight excluding hydrogens is 526 g/mol.